The zero-order valence-electron chi connectivity index (χ0n) is 5.85. The van der Waals surface area contributed by atoms with E-state index in [0.29, 0.717) is 6.04 Å². The molecule has 0 aliphatic heterocycles. The van der Waals surface area contributed by atoms with Crippen molar-refractivity contribution in [2.75, 3.05) is 7.05 Å². The van der Waals surface area contributed by atoms with Gasteiger partial charge in [-0.1, -0.05) is 12.2 Å². The van der Waals surface area contributed by atoms with Gasteiger partial charge in [-0.3, -0.25) is 10.9 Å². The van der Waals surface area contributed by atoms with Crippen molar-refractivity contribution in [1.82, 2.24) is 10.9 Å². The molecule has 0 bridgehead atoms. The van der Waals surface area contributed by atoms with Crippen LogP contribution in [0.2, 0.25) is 0 Å². The summed E-state index contributed by atoms with van der Waals surface area (Å²) in [6, 6.07) is 0.559. The average Bonchev–Trinajstić information content (AvgIpc) is 1.91. The largest absolute Gasteiger partial charge is 0.260 e. The fourth-order valence-corrected chi connectivity index (χ4v) is 1.12. The average molecular weight is 126 g/mol. The quantitative estimate of drug-likeness (QED) is 0.423. The lowest BCUT2D eigenvalue weighted by Gasteiger charge is -2.16. The lowest BCUT2D eigenvalue weighted by Crippen LogP contribution is -2.37. The second-order valence-corrected chi connectivity index (χ2v) is 2.36. The molecule has 0 radical (unpaired) electrons. The maximum Gasteiger partial charge on any atom is 0.0392 e. The van der Waals surface area contributed by atoms with Crippen LogP contribution in [-0.2, 0) is 0 Å². The van der Waals surface area contributed by atoms with Crippen LogP contribution in [0.4, 0.5) is 0 Å². The van der Waals surface area contributed by atoms with Gasteiger partial charge in [0, 0.05) is 6.04 Å². The Kier molecular flexibility index (Phi) is 2.74. The Hall–Kier alpha value is -0.340. The molecule has 0 saturated carbocycles. The lowest BCUT2D eigenvalue weighted by atomic mass is 10.0. The number of nitrogens with one attached hydrogen (secondary N) is 2. The number of allylic oxidation sites excluding steroid dienone is 1. The third-order valence-corrected chi connectivity index (χ3v) is 1.58. The van der Waals surface area contributed by atoms with E-state index >= 15 is 0 Å². The van der Waals surface area contributed by atoms with Gasteiger partial charge in [0.2, 0.25) is 0 Å². The molecule has 1 aliphatic carbocycles. The van der Waals surface area contributed by atoms with Crippen LogP contribution in [0.3, 0.4) is 0 Å². The topological polar surface area (TPSA) is 24.1 Å². The van der Waals surface area contributed by atoms with Crippen molar-refractivity contribution in [2.45, 2.75) is 25.3 Å². The van der Waals surface area contributed by atoms with E-state index in [1.807, 2.05) is 7.05 Å². The van der Waals surface area contributed by atoms with Gasteiger partial charge in [0.1, 0.15) is 0 Å². The Balaban J connectivity index is 2.23. The molecular formula is C7H14N2. The molecule has 1 unspecified atom stereocenters. The zero-order chi connectivity index (χ0) is 6.53. The standard InChI is InChI=1S/C7H14N2/c1-8-9-7-5-3-2-4-6-7/h3,5,7-9H,2,4,6H2,1H3. The summed E-state index contributed by atoms with van der Waals surface area (Å²) in [5, 5.41) is 0. The van der Waals surface area contributed by atoms with Gasteiger partial charge >= 0.3 is 0 Å². The van der Waals surface area contributed by atoms with E-state index in [9.17, 15) is 0 Å². The molecule has 0 spiro atoms. The summed E-state index contributed by atoms with van der Waals surface area (Å²) >= 11 is 0. The molecule has 2 nitrogen and oxygen atoms in total. The second kappa shape index (κ2) is 3.64. The molecule has 0 fully saturated rings. The van der Waals surface area contributed by atoms with Gasteiger partial charge in [0.25, 0.3) is 0 Å². The van der Waals surface area contributed by atoms with Crippen LogP contribution in [0.15, 0.2) is 12.2 Å². The molecule has 0 aromatic carbocycles. The predicted octanol–water partition coefficient (Wildman–Crippen LogP) is 0.819. The summed E-state index contributed by atoms with van der Waals surface area (Å²) in [5.74, 6) is 0. The first-order valence-electron chi connectivity index (χ1n) is 3.52. The number of rotatable bonds is 2. The molecular weight excluding hydrogens is 112 g/mol. The van der Waals surface area contributed by atoms with Gasteiger partial charge in [-0.05, 0) is 26.3 Å². The molecule has 0 heterocycles. The molecule has 0 amide bonds. The van der Waals surface area contributed by atoms with E-state index in [0.717, 1.165) is 0 Å². The first-order valence-corrected chi connectivity index (χ1v) is 3.52. The summed E-state index contributed by atoms with van der Waals surface area (Å²) in [6.45, 7) is 0. The Bertz CT molecular complexity index is 99.1. The molecule has 0 aromatic rings. The Morgan fingerprint density at radius 3 is 3.00 bits per heavy atom. The van der Waals surface area contributed by atoms with Gasteiger partial charge < -0.3 is 0 Å². The minimum atomic E-state index is 0.559. The van der Waals surface area contributed by atoms with Crippen LogP contribution in [0.5, 0.6) is 0 Å². The minimum absolute atomic E-state index is 0.559. The summed E-state index contributed by atoms with van der Waals surface area (Å²) in [5.41, 5.74) is 6.08. The fourth-order valence-electron chi connectivity index (χ4n) is 1.12. The summed E-state index contributed by atoms with van der Waals surface area (Å²) in [6.07, 6.45) is 8.29. The summed E-state index contributed by atoms with van der Waals surface area (Å²) in [7, 11) is 1.91. The highest BCUT2D eigenvalue weighted by molar-refractivity contribution is 4.96. The van der Waals surface area contributed by atoms with Crippen molar-refractivity contribution >= 4 is 0 Å². The molecule has 0 saturated heterocycles. The molecule has 2 N–H and O–H groups in total. The number of hydrogen-bond donors (Lipinski definition) is 2. The van der Waals surface area contributed by atoms with Crippen molar-refractivity contribution in [1.29, 1.82) is 0 Å². The normalized spacial score (nSPS) is 26.6. The van der Waals surface area contributed by atoms with Gasteiger partial charge in [0.05, 0.1) is 0 Å². The monoisotopic (exact) mass is 126 g/mol. The van der Waals surface area contributed by atoms with Gasteiger partial charge in [-0.15, -0.1) is 0 Å². The fraction of sp³-hybridized carbons (Fsp3) is 0.714. The van der Waals surface area contributed by atoms with E-state index in [4.69, 9.17) is 0 Å². The van der Waals surface area contributed by atoms with E-state index in [1.165, 1.54) is 19.3 Å². The van der Waals surface area contributed by atoms with Crippen molar-refractivity contribution < 1.29 is 0 Å². The highest BCUT2D eigenvalue weighted by Gasteiger charge is 2.04. The third kappa shape index (κ3) is 2.16. The maximum atomic E-state index is 3.15. The van der Waals surface area contributed by atoms with Crippen LogP contribution in [0.25, 0.3) is 0 Å². The minimum Gasteiger partial charge on any atom is -0.260 e. The van der Waals surface area contributed by atoms with Crippen LogP contribution >= 0.6 is 0 Å². The highest BCUT2D eigenvalue weighted by Crippen LogP contribution is 2.08. The Morgan fingerprint density at radius 1 is 1.56 bits per heavy atom. The van der Waals surface area contributed by atoms with Gasteiger partial charge in [0.15, 0.2) is 0 Å². The van der Waals surface area contributed by atoms with E-state index in [1.54, 1.807) is 0 Å². The van der Waals surface area contributed by atoms with E-state index in [2.05, 4.69) is 23.0 Å². The first-order chi connectivity index (χ1) is 4.43. The van der Waals surface area contributed by atoms with E-state index < -0.39 is 0 Å². The molecule has 1 aliphatic rings. The van der Waals surface area contributed by atoms with Gasteiger partial charge in [-0.25, -0.2) is 0 Å². The zero-order valence-corrected chi connectivity index (χ0v) is 5.85. The molecule has 1 rings (SSSR count). The van der Waals surface area contributed by atoms with Gasteiger partial charge in [-0.2, -0.15) is 0 Å². The van der Waals surface area contributed by atoms with Crippen molar-refractivity contribution in [3.63, 3.8) is 0 Å². The smallest absolute Gasteiger partial charge is 0.0392 e. The maximum absolute atomic E-state index is 3.15. The molecule has 9 heavy (non-hydrogen) atoms. The predicted molar refractivity (Wildman–Crippen MR) is 39.0 cm³/mol. The molecule has 52 valence electrons. The van der Waals surface area contributed by atoms with Crippen LogP contribution in [0, 0.1) is 0 Å². The highest BCUT2D eigenvalue weighted by atomic mass is 15.3. The molecule has 0 aromatic heterocycles. The lowest BCUT2D eigenvalue weighted by molar-refractivity contribution is 0.474. The Labute approximate surface area is 56.3 Å². The third-order valence-electron chi connectivity index (χ3n) is 1.58. The number of hydrogen-bond acceptors (Lipinski definition) is 2. The second-order valence-electron chi connectivity index (χ2n) is 2.36. The molecule has 2 heteroatoms. The van der Waals surface area contributed by atoms with Crippen LogP contribution in [0.1, 0.15) is 19.3 Å². The van der Waals surface area contributed by atoms with Crippen molar-refractivity contribution in [3.8, 4) is 0 Å². The van der Waals surface area contributed by atoms with Crippen molar-refractivity contribution in [3.05, 3.63) is 12.2 Å². The molecule has 1 atom stereocenters. The summed E-state index contributed by atoms with van der Waals surface area (Å²) in [4.78, 5) is 0. The first kappa shape index (κ1) is 6.78. The summed E-state index contributed by atoms with van der Waals surface area (Å²) < 4.78 is 0. The Morgan fingerprint density at radius 2 is 2.44 bits per heavy atom. The SMILES string of the molecule is CNNC1C=CCCC1. The van der Waals surface area contributed by atoms with Crippen LogP contribution < -0.4 is 10.9 Å². The van der Waals surface area contributed by atoms with Crippen molar-refractivity contribution in [2.24, 2.45) is 0 Å². The van der Waals surface area contributed by atoms with E-state index in [-0.39, 0.29) is 0 Å². The number of hydrazine groups is 1. The van der Waals surface area contributed by atoms with Crippen LogP contribution in [-0.4, -0.2) is 13.1 Å².